The Bertz CT molecular complexity index is 1610. The third kappa shape index (κ3) is 6.36. The molecule has 0 fully saturated rings. The smallest absolute Gasteiger partial charge is 0.221 e. The van der Waals surface area contributed by atoms with Crippen molar-refractivity contribution in [3.8, 4) is 23.0 Å². The molecule has 2 N–H and O–H groups in total. The number of nitrogens with zero attached hydrogens (tertiary/aromatic N) is 8. The standard InChI is InChI=1S/2C13H11N5O.Pt/c2*1-9(19)15-10-5-6-12-16-17-13(18(12)8-10)11-4-2-3-7-14-11;/h2*2-8H,1H3,(H,15,19);. The molecule has 0 radical (unpaired) electrons. The zero-order chi connectivity index (χ0) is 26.5. The SMILES string of the molecule is CC(=O)Nc1ccc2nnc(-c3ccccn3)n2c1.CC(=O)Nc1ccc2nnc(-c3ccccn3)n2c1.[Pt]. The van der Waals surface area contributed by atoms with Gasteiger partial charge in [-0.05, 0) is 48.5 Å². The zero-order valence-corrected chi connectivity index (χ0v) is 23.1. The van der Waals surface area contributed by atoms with Crippen LogP contribution < -0.4 is 10.6 Å². The molecule has 6 heterocycles. The molecular weight excluding hydrogens is 679 g/mol. The first-order chi connectivity index (χ1) is 18.5. The monoisotopic (exact) mass is 701 g/mol. The number of rotatable bonds is 4. The van der Waals surface area contributed by atoms with E-state index in [-0.39, 0.29) is 32.9 Å². The van der Waals surface area contributed by atoms with Crippen LogP contribution in [0.25, 0.3) is 34.3 Å². The summed E-state index contributed by atoms with van der Waals surface area (Å²) in [6.07, 6.45) is 6.96. The molecule has 6 aromatic heterocycles. The second-order valence-corrected chi connectivity index (χ2v) is 8.13. The number of nitrogens with one attached hydrogen (secondary N) is 2. The van der Waals surface area contributed by atoms with Gasteiger partial charge < -0.3 is 10.6 Å². The van der Waals surface area contributed by atoms with E-state index in [0.29, 0.717) is 34.3 Å². The Morgan fingerprint density at radius 3 is 1.41 bits per heavy atom. The molecule has 0 aliphatic rings. The van der Waals surface area contributed by atoms with Crippen molar-refractivity contribution < 1.29 is 30.7 Å². The maximum absolute atomic E-state index is 11.1. The van der Waals surface area contributed by atoms with Crippen molar-refractivity contribution in [1.82, 2.24) is 39.2 Å². The van der Waals surface area contributed by atoms with Gasteiger partial charge in [-0.2, -0.15) is 0 Å². The van der Waals surface area contributed by atoms with E-state index in [2.05, 4.69) is 41.0 Å². The van der Waals surface area contributed by atoms with Gasteiger partial charge in [0.2, 0.25) is 11.8 Å². The molecule has 6 rings (SSSR count). The molecule has 0 aliphatic carbocycles. The van der Waals surface area contributed by atoms with Crippen molar-refractivity contribution in [2.75, 3.05) is 10.6 Å². The molecule has 0 aliphatic heterocycles. The van der Waals surface area contributed by atoms with E-state index < -0.39 is 0 Å². The summed E-state index contributed by atoms with van der Waals surface area (Å²) in [5.41, 5.74) is 4.25. The predicted octanol–water partition coefficient (Wildman–Crippen LogP) is 3.50. The third-order valence-electron chi connectivity index (χ3n) is 5.23. The van der Waals surface area contributed by atoms with Gasteiger partial charge in [-0.25, -0.2) is 0 Å². The van der Waals surface area contributed by atoms with Gasteiger partial charge in [-0.3, -0.25) is 28.4 Å². The molecule has 0 saturated heterocycles. The third-order valence-corrected chi connectivity index (χ3v) is 5.23. The van der Waals surface area contributed by atoms with Gasteiger partial charge in [0.1, 0.15) is 11.4 Å². The van der Waals surface area contributed by atoms with E-state index in [0.717, 1.165) is 11.4 Å². The van der Waals surface area contributed by atoms with Crippen molar-refractivity contribution in [2.45, 2.75) is 13.8 Å². The minimum atomic E-state index is -0.119. The van der Waals surface area contributed by atoms with Crippen molar-refractivity contribution >= 4 is 34.5 Å². The second kappa shape index (κ2) is 12.1. The minimum Gasteiger partial charge on any atom is -0.325 e. The van der Waals surface area contributed by atoms with Crippen LogP contribution in [0.5, 0.6) is 0 Å². The first-order valence-corrected chi connectivity index (χ1v) is 11.6. The fourth-order valence-corrected chi connectivity index (χ4v) is 3.68. The number of fused-ring (bicyclic) bond motifs is 2. The largest absolute Gasteiger partial charge is 0.325 e. The number of hydrogen-bond donors (Lipinski definition) is 2. The number of aromatic nitrogens is 8. The fraction of sp³-hybridized carbons (Fsp3) is 0.0769. The average molecular weight is 702 g/mol. The Hall–Kier alpha value is -4.83. The van der Waals surface area contributed by atoms with E-state index in [4.69, 9.17) is 0 Å². The number of anilines is 2. The Kier molecular flexibility index (Phi) is 8.47. The first kappa shape index (κ1) is 27.2. The summed E-state index contributed by atoms with van der Waals surface area (Å²) in [6, 6.07) is 18.4. The first-order valence-electron chi connectivity index (χ1n) is 11.6. The van der Waals surface area contributed by atoms with Crippen LogP contribution in [-0.2, 0) is 30.7 Å². The summed E-state index contributed by atoms with van der Waals surface area (Å²) in [4.78, 5) is 30.7. The van der Waals surface area contributed by atoms with Crippen LogP contribution in [0, 0.1) is 0 Å². The van der Waals surface area contributed by atoms with Crippen LogP contribution >= 0.6 is 0 Å². The van der Waals surface area contributed by atoms with Crippen LogP contribution in [0.4, 0.5) is 11.4 Å². The van der Waals surface area contributed by atoms with Crippen LogP contribution in [0.2, 0.25) is 0 Å². The molecule has 0 aromatic carbocycles. The fourth-order valence-electron chi connectivity index (χ4n) is 3.68. The Balaban J connectivity index is 0.000000176. The quantitative estimate of drug-likeness (QED) is 0.285. The Labute approximate surface area is 236 Å². The van der Waals surface area contributed by atoms with Crippen molar-refractivity contribution in [3.05, 3.63) is 85.5 Å². The molecule has 0 atom stereocenters. The van der Waals surface area contributed by atoms with Crippen LogP contribution in [0.1, 0.15) is 13.8 Å². The number of pyridine rings is 4. The molecule has 0 saturated carbocycles. The van der Waals surface area contributed by atoms with E-state index >= 15 is 0 Å². The number of carbonyl (C=O) groups is 2. The summed E-state index contributed by atoms with van der Waals surface area (Å²) < 4.78 is 3.60. The molecule has 12 nitrogen and oxygen atoms in total. The van der Waals surface area contributed by atoms with E-state index in [1.165, 1.54) is 13.8 Å². The van der Waals surface area contributed by atoms with Gasteiger partial charge >= 0.3 is 0 Å². The second-order valence-electron chi connectivity index (χ2n) is 8.13. The van der Waals surface area contributed by atoms with Gasteiger partial charge in [-0.15, -0.1) is 20.4 Å². The molecule has 0 unspecified atom stereocenters. The molecular formula is C26H22N10O2Pt. The van der Waals surface area contributed by atoms with Crippen molar-refractivity contribution in [2.24, 2.45) is 0 Å². The van der Waals surface area contributed by atoms with Crippen molar-refractivity contribution in [1.29, 1.82) is 0 Å². The Morgan fingerprint density at radius 2 is 1.05 bits per heavy atom. The summed E-state index contributed by atoms with van der Waals surface area (Å²) in [5.74, 6) is 1.05. The molecule has 2 amide bonds. The summed E-state index contributed by atoms with van der Waals surface area (Å²) >= 11 is 0. The van der Waals surface area contributed by atoms with Crippen molar-refractivity contribution in [3.63, 3.8) is 0 Å². The number of amides is 2. The van der Waals surface area contributed by atoms with Gasteiger partial charge in [0, 0.05) is 59.7 Å². The normalized spacial score (nSPS) is 10.3. The molecule has 0 bridgehead atoms. The van der Waals surface area contributed by atoms with E-state index in [1.54, 1.807) is 57.9 Å². The molecule has 39 heavy (non-hydrogen) atoms. The zero-order valence-electron chi connectivity index (χ0n) is 20.8. The van der Waals surface area contributed by atoms with E-state index in [1.807, 2.05) is 36.4 Å². The Morgan fingerprint density at radius 1 is 0.615 bits per heavy atom. The average Bonchev–Trinajstić information content (AvgIpc) is 3.53. The summed E-state index contributed by atoms with van der Waals surface area (Å²) in [6.45, 7) is 2.94. The minimum absolute atomic E-state index is 0. The molecule has 198 valence electrons. The van der Waals surface area contributed by atoms with Gasteiger partial charge in [-0.1, -0.05) is 12.1 Å². The maximum atomic E-state index is 11.1. The van der Waals surface area contributed by atoms with Gasteiger partial charge in [0.15, 0.2) is 22.9 Å². The summed E-state index contributed by atoms with van der Waals surface area (Å²) in [7, 11) is 0. The summed E-state index contributed by atoms with van der Waals surface area (Å²) in [5, 5.41) is 21.9. The predicted molar refractivity (Wildman–Crippen MR) is 141 cm³/mol. The maximum Gasteiger partial charge on any atom is 0.221 e. The number of carbonyl (C=O) groups excluding carboxylic acids is 2. The molecule has 0 spiro atoms. The van der Waals surface area contributed by atoms with Gasteiger partial charge in [0.05, 0.1) is 11.4 Å². The van der Waals surface area contributed by atoms with Crippen LogP contribution in [0.3, 0.4) is 0 Å². The van der Waals surface area contributed by atoms with E-state index in [9.17, 15) is 9.59 Å². The molecule has 13 heteroatoms. The van der Waals surface area contributed by atoms with Crippen LogP contribution in [0.15, 0.2) is 85.5 Å². The topological polar surface area (TPSA) is 144 Å². The number of hydrogen-bond acceptors (Lipinski definition) is 8. The molecule has 6 aromatic rings. The van der Waals surface area contributed by atoms with Gasteiger partial charge in [0.25, 0.3) is 0 Å². The van der Waals surface area contributed by atoms with Crippen LogP contribution in [-0.4, -0.2) is 51.0 Å².